The van der Waals surface area contributed by atoms with Gasteiger partial charge in [0.25, 0.3) is 0 Å². The summed E-state index contributed by atoms with van der Waals surface area (Å²) in [6, 6.07) is 3.05. The summed E-state index contributed by atoms with van der Waals surface area (Å²) in [7, 11) is 0. The van der Waals surface area contributed by atoms with Crippen LogP contribution in [0, 0.1) is 5.82 Å². The quantitative estimate of drug-likeness (QED) is 0.805. The predicted octanol–water partition coefficient (Wildman–Crippen LogP) is 3.23. The van der Waals surface area contributed by atoms with Gasteiger partial charge < -0.3 is 15.0 Å². The molecular weight excluding hydrogens is 287 g/mol. The highest BCUT2D eigenvalue weighted by atomic mass is 35.5. The molecule has 6 heteroatoms. The Bertz CT molecular complexity index is 568. The predicted molar refractivity (Wildman–Crippen MR) is 75.9 cm³/mol. The summed E-state index contributed by atoms with van der Waals surface area (Å²) < 4.78 is 20.2. The number of halogens is 2. The van der Waals surface area contributed by atoms with Crippen molar-refractivity contribution in [2.45, 2.75) is 32.0 Å². The molecule has 2 unspecified atom stereocenters. The smallest absolute Gasteiger partial charge is 0.184 e. The lowest BCUT2D eigenvalue weighted by atomic mass is 9.90. The fraction of sp³-hybridized carbons (Fsp3) is 0.462. The molecule has 2 heterocycles. The Labute approximate surface area is 121 Å². The first-order valence-corrected chi connectivity index (χ1v) is 7.00. The van der Waals surface area contributed by atoms with Crippen molar-refractivity contribution in [2.24, 2.45) is 0 Å². The maximum Gasteiger partial charge on any atom is 0.184 e. The highest BCUT2D eigenvalue weighted by Gasteiger charge is 2.48. The van der Waals surface area contributed by atoms with Gasteiger partial charge in [0.1, 0.15) is 5.75 Å². The molecule has 3 nitrogen and oxygen atoms in total. The van der Waals surface area contributed by atoms with Gasteiger partial charge in [0.2, 0.25) is 0 Å². The zero-order valence-electron chi connectivity index (χ0n) is 10.7. The average Bonchev–Trinajstić information content (AvgIpc) is 2.33. The number of nitrogens with zero attached hydrogens (tertiary/aromatic N) is 1. The minimum Gasteiger partial charge on any atom is -0.468 e. The molecular formula is C13H14ClFN2OS. The summed E-state index contributed by atoms with van der Waals surface area (Å²) in [6.45, 7) is 4.73. The normalized spacial score (nSPS) is 28.5. The molecule has 102 valence electrons. The van der Waals surface area contributed by atoms with Gasteiger partial charge in [-0.05, 0) is 38.2 Å². The molecule has 19 heavy (non-hydrogen) atoms. The van der Waals surface area contributed by atoms with E-state index in [4.69, 9.17) is 28.6 Å². The first-order valence-electron chi connectivity index (χ1n) is 6.21. The molecule has 0 aromatic heterocycles. The number of thiocarbonyl (C=S) groups is 1. The van der Waals surface area contributed by atoms with E-state index in [0.717, 1.165) is 6.54 Å². The number of ether oxygens (including phenoxy) is 1. The topological polar surface area (TPSA) is 24.5 Å². The molecule has 2 atom stereocenters. The van der Waals surface area contributed by atoms with E-state index in [1.54, 1.807) is 6.07 Å². The van der Waals surface area contributed by atoms with Gasteiger partial charge in [-0.1, -0.05) is 11.6 Å². The Balaban J connectivity index is 2.13. The highest BCUT2D eigenvalue weighted by Crippen LogP contribution is 2.46. The van der Waals surface area contributed by atoms with Gasteiger partial charge in [0, 0.05) is 13.0 Å². The number of nitrogens with one attached hydrogen (secondary N) is 1. The summed E-state index contributed by atoms with van der Waals surface area (Å²) in [6.07, 6.45) is 0.630. The molecule has 0 radical (unpaired) electrons. The Morgan fingerprint density at radius 1 is 1.63 bits per heavy atom. The van der Waals surface area contributed by atoms with Crippen LogP contribution in [0.5, 0.6) is 5.75 Å². The molecule has 2 aliphatic rings. The second kappa shape index (κ2) is 4.21. The van der Waals surface area contributed by atoms with Crippen LogP contribution >= 0.6 is 23.8 Å². The second-order valence-corrected chi connectivity index (χ2v) is 5.79. The first-order chi connectivity index (χ1) is 8.96. The summed E-state index contributed by atoms with van der Waals surface area (Å²) in [5.74, 6) is 0.112. The van der Waals surface area contributed by atoms with Crippen LogP contribution in [0.15, 0.2) is 12.1 Å². The number of fused-ring (bicyclic) bond motifs is 4. The fourth-order valence-corrected chi connectivity index (χ4v) is 3.56. The van der Waals surface area contributed by atoms with Crippen molar-refractivity contribution in [3.05, 3.63) is 28.5 Å². The number of hydrogen-bond donors (Lipinski definition) is 1. The zero-order valence-corrected chi connectivity index (χ0v) is 12.2. The lowest BCUT2D eigenvalue weighted by Crippen LogP contribution is -2.64. The maximum absolute atomic E-state index is 14.2. The number of rotatable bonds is 1. The van der Waals surface area contributed by atoms with Crippen LogP contribution in [0.25, 0.3) is 0 Å². The van der Waals surface area contributed by atoms with E-state index in [1.165, 1.54) is 6.07 Å². The lowest BCUT2D eigenvalue weighted by Gasteiger charge is -2.52. The summed E-state index contributed by atoms with van der Waals surface area (Å²) >= 11 is 11.2. The summed E-state index contributed by atoms with van der Waals surface area (Å²) in [5, 5.41) is 3.87. The van der Waals surface area contributed by atoms with Crippen LogP contribution in [0.2, 0.25) is 5.02 Å². The highest BCUT2D eigenvalue weighted by molar-refractivity contribution is 7.80. The van der Waals surface area contributed by atoms with Gasteiger partial charge >= 0.3 is 0 Å². The van der Waals surface area contributed by atoms with Crippen molar-refractivity contribution in [1.29, 1.82) is 0 Å². The lowest BCUT2D eigenvalue weighted by molar-refractivity contribution is -0.0667. The van der Waals surface area contributed by atoms with E-state index < -0.39 is 11.5 Å². The van der Waals surface area contributed by atoms with E-state index >= 15 is 0 Å². The van der Waals surface area contributed by atoms with Gasteiger partial charge in [-0.25, -0.2) is 4.39 Å². The van der Waals surface area contributed by atoms with E-state index in [1.807, 2.05) is 18.7 Å². The van der Waals surface area contributed by atoms with Crippen LogP contribution in [0.3, 0.4) is 0 Å². The zero-order chi connectivity index (χ0) is 13.8. The third-order valence-corrected chi connectivity index (χ3v) is 4.41. The molecule has 0 saturated carbocycles. The molecule has 0 amide bonds. The van der Waals surface area contributed by atoms with Gasteiger partial charge in [0.15, 0.2) is 16.7 Å². The standard InChI is InChI=1S/C13H14ClFN2OS/c1-3-17-12(19)16-8-6-13(17,2)18-9-5-4-7(14)11(15)10(8)9/h4-5,8H,3,6H2,1-2H3,(H,16,19). The monoisotopic (exact) mass is 300 g/mol. The fourth-order valence-electron chi connectivity index (χ4n) is 2.93. The van der Waals surface area contributed by atoms with Crippen molar-refractivity contribution >= 4 is 28.9 Å². The molecule has 2 bridgehead atoms. The molecule has 1 saturated heterocycles. The molecule has 0 aliphatic carbocycles. The first kappa shape index (κ1) is 12.9. The van der Waals surface area contributed by atoms with Crippen LogP contribution in [-0.2, 0) is 0 Å². The Morgan fingerprint density at radius 2 is 2.37 bits per heavy atom. The van der Waals surface area contributed by atoms with Crippen LogP contribution in [-0.4, -0.2) is 22.3 Å². The molecule has 1 aromatic rings. The molecule has 0 spiro atoms. The molecule has 3 rings (SSSR count). The summed E-state index contributed by atoms with van der Waals surface area (Å²) in [5.41, 5.74) is -0.0576. The maximum atomic E-state index is 14.2. The van der Waals surface area contributed by atoms with Crippen molar-refractivity contribution in [3.63, 3.8) is 0 Å². The molecule has 2 aliphatic heterocycles. The van der Waals surface area contributed by atoms with Crippen molar-refractivity contribution in [1.82, 2.24) is 10.2 Å². The van der Waals surface area contributed by atoms with E-state index in [9.17, 15) is 4.39 Å². The van der Waals surface area contributed by atoms with Crippen molar-refractivity contribution in [3.8, 4) is 5.75 Å². The molecule has 1 aromatic carbocycles. The second-order valence-electron chi connectivity index (χ2n) is 5.00. The van der Waals surface area contributed by atoms with Gasteiger partial charge in [-0.15, -0.1) is 0 Å². The molecule has 1 N–H and O–H groups in total. The molecule has 1 fully saturated rings. The third kappa shape index (κ3) is 1.79. The van der Waals surface area contributed by atoms with Crippen molar-refractivity contribution < 1.29 is 9.13 Å². The van der Waals surface area contributed by atoms with Crippen LogP contribution in [0.4, 0.5) is 4.39 Å². The summed E-state index contributed by atoms with van der Waals surface area (Å²) in [4.78, 5) is 1.98. The Hall–Kier alpha value is -1.07. The van der Waals surface area contributed by atoms with Gasteiger partial charge in [0.05, 0.1) is 16.6 Å². The van der Waals surface area contributed by atoms with Crippen LogP contribution < -0.4 is 10.1 Å². The van der Waals surface area contributed by atoms with E-state index in [-0.39, 0.29) is 11.1 Å². The van der Waals surface area contributed by atoms with E-state index in [0.29, 0.717) is 22.8 Å². The minimum absolute atomic E-state index is 0.108. The average molecular weight is 301 g/mol. The number of hydrogen-bond acceptors (Lipinski definition) is 2. The van der Waals surface area contributed by atoms with Gasteiger partial charge in [-0.3, -0.25) is 0 Å². The van der Waals surface area contributed by atoms with Crippen molar-refractivity contribution in [2.75, 3.05) is 6.54 Å². The number of benzene rings is 1. The SMILES string of the molecule is CCN1C(=S)NC2CC1(C)Oc1ccc(Cl)c(F)c12. The minimum atomic E-state index is -0.533. The Kier molecular flexibility index (Phi) is 2.87. The van der Waals surface area contributed by atoms with E-state index in [2.05, 4.69) is 5.32 Å². The van der Waals surface area contributed by atoms with Gasteiger partial charge in [-0.2, -0.15) is 0 Å². The van der Waals surface area contributed by atoms with Crippen LogP contribution in [0.1, 0.15) is 31.9 Å². The largest absolute Gasteiger partial charge is 0.468 e. The third-order valence-electron chi connectivity index (χ3n) is 3.78. The Morgan fingerprint density at radius 3 is 3.05 bits per heavy atom.